The van der Waals surface area contributed by atoms with Gasteiger partial charge in [-0.25, -0.2) is 4.98 Å². The Kier molecular flexibility index (Phi) is 7.27. The Morgan fingerprint density at radius 2 is 1.88 bits per heavy atom. The molecule has 0 aliphatic heterocycles. The number of hydrogen-bond acceptors (Lipinski definition) is 6. The number of nitrogens with zero attached hydrogens (tertiary/aromatic N) is 4. The van der Waals surface area contributed by atoms with Gasteiger partial charge in [0.05, 0.1) is 0 Å². The first-order valence-electron chi connectivity index (χ1n) is 11.3. The zero-order valence-corrected chi connectivity index (χ0v) is 20.2. The Labute approximate surface area is 203 Å². The maximum absolute atomic E-state index is 12.4. The molecule has 1 amide bonds. The van der Waals surface area contributed by atoms with Gasteiger partial charge < -0.3 is 16.0 Å². The molecule has 0 bridgehead atoms. The number of nitrogens with one attached hydrogen (secondary N) is 3. The van der Waals surface area contributed by atoms with Gasteiger partial charge in [-0.3, -0.25) is 4.79 Å². The van der Waals surface area contributed by atoms with Crippen LogP contribution in [-0.2, 0) is 11.2 Å². The first-order chi connectivity index (χ1) is 16.4. The van der Waals surface area contributed by atoms with E-state index in [0.717, 1.165) is 28.3 Å². The number of aryl methyl sites for hydroxylation is 2. The SMILES string of the molecule is CCNC(=O)C[C@@H](Cc1ccccc1)Nc1cc(C)nc2nc(Nc3cc(Cl)ccc3C)nn12. The third-order valence-electron chi connectivity index (χ3n) is 5.37. The van der Waals surface area contributed by atoms with E-state index in [1.54, 1.807) is 4.52 Å². The van der Waals surface area contributed by atoms with Crippen molar-refractivity contribution in [3.63, 3.8) is 0 Å². The number of rotatable bonds is 9. The van der Waals surface area contributed by atoms with Gasteiger partial charge in [0.2, 0.25) is 11.9 Å². The quantitative estimate of drug-likeness (QED) is 0.323. The Bertz CT molecular complexity index is 1290. The molecule has 0 aliphatic carbocycles. The zero-order chi connectivity index (χ0) is 24.1. The molecular weight excluding hydrogens is 450 g/mol. The molecule has 0 unspecified atom stereocenters. The molecule has 0 fully saturated rings. The van der Waals surface area contributed by atoms with Gasteiger partial charge in [-0.1, -0.05) is 48.0 Å². The van der Waals surface area contributed by atoms with Crippen LogP contribution in [0.1, 0.15) is 30.2 Å². The summed E-state index contributed by atoms with van der Waals surface area (Å²) in [5.74, 6) is 1.59. The van der Waals surface area contributed by atoms with Crippen molar-refractivity contribution in [1.82, 2.24) is 24.9 Å². The monoisotopic (exact) mass is 477 g/mol. The van der Waals surface area contributed by atoms with Crippen LogP contribution in [0.25, 0.3) is 5.78 Å². The standard InChI is InChI=1S/C25H28ClN7O/c1-4-27-23(34)15-20(13-18-8-6-5-7-9-18)29-22-12-17(3)28-25-31-24(32-33(22)25)30-21-14-19(26)11-10-16(21)2/h5-12,14,20,29H,4,13,15H2,1-3H3,(H,27,34)(H,30,32)/t20-/m1/s1. The lowest BCUT2D eigenvalue weighted by molar-refractivity contribution is -0.121. The molecule has 2 heterocycles. The summed E-state index contributed by atoms with van der Waals surface area (Å²) in [6.07, 6.45) is 1.01. The molecule has 4 rings (SSSR count). The van der Waals surface area contributed by atoms with Gasteiger partial charge in [-0.2, -0.15) is 9.50 Å². The van der Waals surface area contributed by atoms with Gasteiger partial charge >= 0.3 is 0 Å². The summed E-state index contributed by atoms with van der Waals surface area (Å²) >= 11 is 6.15. The Morgan fingerprint density at radius 1 is 1.09 bits per heavy atom. The number of benzene rings is 2. The molecule has 2 aromatic heterocycles. The molecule has 0 saturated carbocycles. The normalized spacial score (nSPS) is 11.9. The van der Waals surface area contributed by atoms with E-state index in [-0.39, 0.29) is 11.9 Å². The Hall–Kier alpha value is -3.65. The zero-order valence-electron chi connectivity index (χ0n) is 19.5. The molecule has 34 heavy (non-hydrogen) atoms. The molecule has 0 spiro atoms. The minimum atomic E-state index is -0.144. The average Bonchev–Trinajstić information content (AvgIpc) is 3.19. The molecule has 3 N–H and O–H groups in total. The third kappa shape index (κ3) is 5.82. The van der Waals surface area contributed by atoms with Crippen LogP contribution >= 0.6 is 11.6 Å². The first kappa shape index (κ1) is 23.5. The van der Waals surface area contributed by atoms with Gasteiger partial charge in [0.1, 0.15) is 5.82 Å². The Balaban J connectivity index is 1.64. The number of carbonyl (C=O) groups is 1. The number of halogens is 1. The van der Waals surface area contributed by atoms with Gasteiger partial charge in [-0.05, 0) is 50.5 Å². The maximum Gasteiger partial charge on any atom is 0.256 e. The number of amides is 1. The molecule has 8 nitrogen and oxygen atoms in total. The van der Waals surface area contributed by atoms with Crippen molar-refractivity contribution >= 4 is 40.7 Å². The molecule has 1 atom stereocenters. The average molecular weight is 478 g/mol. The van der Waals surface area contributed by atoms with Crippen LogP contribution in [0.15, 0.2) is 54.6 Å². The first-order valence-corrected chi connectivity index (χ1v) is 11.6. The number of aromatic nitrogens is 4. The minimum Gasteiger partial charge on any atom is -0.366 e. The van der Waals surface area contributed by atoms with E-state index in [0.29, 0.717) is 36.1 Å². The lowest BCUT2D eigenvalue weighted by Gasteiger charge is -2.20. The highest BCUT2D eigenvalue weighted by molar-refractivity contribution is 6.30. The van der Waals surface area contributed by atoms with Crippen LogP contribution in [0.3, 0.4) is 0 Å². The van der Waals surface area contributed by atoms with E-state index in [9.17, 15) is 4.79 Å². The van der Waals surface area contributed by atoms with Crippen molar-refractivity contribution in [2.75, 3.05) is 17.2 Å². The predicted octanol–water partition coefficient (Wildman–Crippen LogP) is 4.69. The summed E-state index contributed by atoms with van der Waals surface area (Å²) in [5.41, 5.74) is 3.79. The van der Waals surface area contributed by atoms with Crippen molar-refractivity contribution in [3.05, 3.63) is 76.4 Å². The van der Waals surface area contributed by atoms with Gasteiger partial charge in [0.25, 0.3) is 5.78 Å². The number of fused-ring (bicyclic) bond motifs is 1. The van der Waals surface area contributed by atoms with E-state index in [2.05, 4.69) is 43.1 Å². The second-order valence-electron chi connectivity index (χ2n) is 8.20. The number of carbonyl (C=O) groups excluding carboxylic acids is 1. The molecule has 176 valence electrons. The Morgan fingerprint density at radius 3 is 2.65 bits per heavy atom. The summed E-state index contributed by atoms with van der Waals surface area (Å²) in [6, 6.07) is 17.5. The second kappa shape index (κ2) is 10.5. The van der Waals surface area contributed by atoms with Crippen molar-refractivity contribution in [2.45, 2.75) is 39.7 Å². The molecule has 0 radical (unpaired) electrons. The van der Waals surface area contributed by atoms with E-state index >= 15 is 0 Å². The lowest BCUT2D eigenvalue weighted by atomic mass is 10.0. The smallest absolute Gasteiger partial charge is 0.256 e. The van der Waals surface area contributed by atoms with Crippen molar-refractivity contribution in [2.24, 2.45) is 0 Å². The fourth-order valence-corrected chi connectivity index (χ4v) is 3.94. The number of anilines is 3. The third-order valence-corrected chi connectivity index (χ3v) is 5.60. The van der Waals surface area contributed by atoms with E-state index < -0.39 is 0 Å². The molecular formula is C25H28ClN7O. The summed E-state index contributed by atoms with van der Waals surface area (Å²) in [7, 11) is 0. The fourth-order valence-electron chi connectivity index (χ4n) is 3.77. The highest BCUT2D eigenvalue weighted by Crippen LogP contribution is 2.24. The highest BCUT2D eigenvalue weighted by atomic mass is 35.5. The van der Waals surface area contributed by atoms with Crippen LogP contribution in [-0.4, -0.2) is 38.1 Å². The summed E-state index contributed by atoms with van der Waals surface area (Å²) in [4.78, 5) is 21.5. The van der Waals surface area contributed by atoms with E-state index in [1.807, 2.05) is 63.2 Å². The van der Waals surface area contributed by atoms with Crippen LogP contribution in [0.2, 0.25) is 5.02 Å². The lowest BCUT2D eigenvalue weighted by Crippen LogP contribution is -2.33. The molecule has 4 aromatic rings. The van der Waals surface area contributed by atoms with Gasteiger partial charge in [0, 0.05) is 41.5 Å². The molecule has 2 aromatic carbocycles. The predicted molar refractivity (Wildman–Crippen MR) is 136 cm³/mol. The molecule has 0 aliphatic rings. The van der Waals surface area contributed by atoms with Crippen molar-refractivity contribution < 1.29 is 4.79 Å². The molecule has 0 saturated heterocycles. The number of hydrogen-bond donors (Lipinski definition) is 3. The minimum absolute atomic E-state index is 0.00432. The highest BCUT2D eigenvalue weighted by Gasteiger charge is 2.18. The van der Waals surface area contributed by atoms with Gasteiger partial charge in [-0.15, -0.1) is 5.10 Å². The van der Waals surface area contributed by atoms with Crippen molar-refractivity contribution in [3.8, 4) is 0 Å². The van der Waals surface area contributed by atoms with E-state index in [4.69, 9.17) is 11.6 Å². The molecule has 9 heteroatoms. The van der Waals surface area contributed by atoms with E-state index in [1.165, 1.54) is 0 Å². The maximum atomic E-state index is 12.4. The summed E-state index contributed by atoms with van der Waals surface area (Å²) < 4.78 is 1.66. The van der Waals surface area contributed by atoms with Gasteiger partial charge in [0.15, 0.2) is 0 Å². The topological polar surface area (TPSA) is 96.2 Å². The van der Waals surface area contributed by atoms with Crippen LogP contribution in [0.5, 0.6) is 0 Å². The van der Waals surface area contributed by atoms with Crippen LogP contribution in [0, 0.1) is 13.8 Å². The van der Waals surface area contributed by atoms with Crippen LogP contribution in [0.4, 0.5) is 17.5 Å². The summed E-state index contributed by atoms with van der Waals surface area (Å²) in [6.45, 7) is 6.40. The largest absolute Gasteiger partial charge is 0.366 e. The second-order valence-corrected chi connectivity index (χ2v) is 8.64. The van der Waals surface area contributed by atoms with Crippen LogP contribution < -0.4 is 16.0 Å². The fraction of sp³-hybridized carbons (Fsp3) is 0.280. The summed E-state index contributed by atoms with van der Waals surface area (Å²) in [5, 5.41) is 14.9. The van der Waals surface area contributed by atoms with Crippen molar-refractivity contribution in [1.29, 1.82) is 0 Å².